The van der Waals surface area contributed by atoms with Gasteiger partial charge >= 0.3 is 0 Å². The number of rotatable bonds is 5. The molecule has 6 nitrogen and oxygen atoms in total. The van der Waals surface area contributed by atoms with Gasteiger partial charge in [-0.1, -0.05) is 35.5 Å². The Hall–Kier alpha value is -2.03. The molecule has 24 heavy (non-hydrogen) atoms. The Morgan fingerprint density at radius 3 is 2.92 bits per heavy atom. The van der Waals surface area contributed by atoms with Gasteiger partial charge in [-0.25, -0.2) is 4.68 Å². The van der Waals surface area contributed by atoms with E-state index in [1.54, 1.807) is 31.2 Å². The highest BCUT2D eigenvalue weighted by molar-refractivity contribution is 8.00. The topological polar surface area (TPSA) is 85.8 Å². The van der Waals surface area contributed by atoms with Gasteiger partial charge in [0.15, 0.2) is 5.82 Å². The summed E-state index contributed by atoms with van der Waals surface area (Å²) in [5.41, 5.74) is 0.647. The van der Waals surface area contributed by atoms with E-state index in [9.17, 15) is 4.79 Å². The standard InChI is InChI=1S/C15H14ClN5OS2/c1-9(14(22)18-11-5-2-4-10(16)8-11)24-15-20-19-13(21(15)17)12-6-3-7-23-12/h2-9H,17H2,1H3,(H,18,22)/t9-/m0/s1. The van der Waals surface area contributed by atoms with Crippen molar-refractivity contribution < 1.29 is 4.79 Å². The smallest absolute Gasteiger partial charge is 0.237 e. The second-order valence-corrected chi connectivity index (χ2v) is 7.61. The number of hydrogen-bond acceptors (Lipinski definition) is 6. The Morgan fingerprint density at radius 1 is 1.38 bits per heavy atom. The number of benzene rings is 1. The third-order valence-electron chi connectivity index (χ3n) is 3.15. The van der Waals surface area contributed by atoms with Gasteiger partial charge in [-0.15, -0.1) is 21.5 Å². The maximum atomic E-state index is 12.3. The van der Waals surface area contributed by atoms with E-state index >= 15 is 0 Å². The number of thiophene rings is 1. The van der Waals surface area contributed by atoms with Gasteiger partial charge in [0.1, 0.15) is 0 Å². The Morgan fingerprint density at radius 2 is 2.21 bits per heavy atom. The molecule has 124 valence electrons. The second kappa shape index (κ2) is 7.25. The zero-order valence-electron chi connectivity index (χ0n) is 12.6. The molecule has 0 spiro atoms. The number of halogens is 1. The van der Waals surface area contributed by atoms with Crippen molar-refractivity contribution in [2.24, 2.45) is 0 Å². The number of nitrogen functional groups attached to an aromatic ring is 1. The van der Waals surface area contributed by atoms with Crippen molar-refractivity contribution in [1.82, 2.24) is 14.9 Å². The lowest BCUT2D eigenvalue weighted by Gasteiger charge is -2.11. The quantitative estimate of drug-likeness (QED) is 0.523. The number of carbonyl (C=O) groups is 1. The van der Waals surface area contributed by atoms with Gasteiger partial charge in [-0.2, -0.15) is 0 Å². The van der Waals surface area contributed by atoms with E-state index < -0.39 is 5.25 Å². The largest absolute Gasteiger partial charge is 0.335 e. The van der Waals surface area contributed by atoms with E-state index in [2.05, 4.69) is 15.5 Å². The number of amides is 1. The highest BCUT2D eigenvalue weighted by atomic mass is 35.5. The summed E-state index contributed by atoms with van der Waals surface area (Å²) in [7, 11) is 0. The molecule has 0 unspecified atom stereocenters. The lowest BCUT2D eigenvalue weighted by atomic mass is 10.3. The first-order chi connectivity index (χ1) is 11.5. The summed E-state index contributed by atoms with van der Waals surface area (Å²) in [5, 5.41) is 13.6. The third kappa shape index (κ3) is 3.72. The molecule has 2 heterocycles. The first-order valence-electron chi connectivity index (χ1n) is 7.02. The zero-order valence-corrected chi connectivity index (χ0v) is 15.0. The van der Waals surface area contributed by atoms with E-state index in [0.717, 1.165) is 4.88 Å². The molecule has 1 atom stereocenters. The summed E-state index contributed by atoms with van der Waals surface area (Å²) in [6, 6.07) is 10.8. The van der Waals surface area contributed by atoms with Crippen LogP contribution in [0, 0.1) is 0 Å². The Labute approximate surface area is 152 Å². The monoisotopic (exact) mass is 379 g/mol. The van der Waals surface area contributed by atoms with Crippen LogP contribution in [-0.4, -0.2) is 26.0 Å². The maximum absolute atomic E-state index is 12.3. The molecular weight excluding hydrogens is 366 g/mol. The van der Waals surface area contributed by atoms with Crippen molar-refractivity contribution in [2.75, 3.05) is 11.2 Å². The molecular formula is C15H14ClN5OS2. The Kier molecular flexibility index (Phi) is 5.08. The van der Waals surface area contributed by atoms with Crippen LogP contribution in [0.5, 0.6) is 0 Å². The fourth-order valence-corrected chi connectivity index (χ4v) is 3.62. The second-order valence-electron chi connectivity index (χ2n) is 4.91. The summed E-state index contributed by atoms with van der Waals surface area (Å²) in [6.45, 7) is 1.78. The van der Waals surface area contributed by atoms with E-state index in [1.807, 2.05) is 17.5 Å². The molecule has 1 amide bonds. The maximum Gasteiger partial charge on any atom is 0.237 e. The minimum absolute atomic E-state index is 0.164. The van der Waals surface area contributed by atoms with Crippen LogP contribution in [0.1, 0.15) is 6.92 Å². The van der Waals surface area contributed by atoms with E-state index in [0.29, 0.717) is 21.7 Å². The summed E-state index contributed by atoms with van der Waals surface area (Å²) in [5.74, 6) is 6.46. The molecule has 0 bridgehead atoms. The van der Waals surface area contributed by atoms with Crippen molar-refractivity contribution in [3.05, 3.63) is 46.8 Å². The molecule has 1 aromatic carbocycles. The molecule has 0 aliphatic rings. The van der Waals surface area contributed by atoms with Crippen molar-refractivity contribution in [1.29, 1.82) is 0 Å². The summed E-state index contributed by atoms with van der Waals surface area (Å²) >= 11 is 8.69. The fraction of sp³-hybridized carbons (Fsp3) is 0.133. The molecule has 3 rings (SSSR count). The minimum atomic E-state index is -0.397. The average molecular weight is 380 g/mol. The number of aromatic nitrogens is 3. The fourth-order valence-electron chi connectivity index (χ4n) is 1.95. The van der Waals surface area contributed by atoms with Crippen molar-refractivity contribution in [3.63, 3.8) is 0 Å². The van der Waals surface area contributed by atoms with Crippen LogP contribution in [0.15, 0.2) is 46.9 Å². The van der Waals surface area contributed by atoms with E-state index in [4.69, 9.17) is 17.4 Å². The molecule has 0 fully saturated rings. The average Bonchev–Trinajstić information content (AvgIpc) is 3.18. The van der Waals surface area contributed by atoms with Crippen molar-refractivity contribution in [2.45, 2.75) is 17.3 Å². The normalized spacial score (nSPS) is 12.1. The first kappa shape index (κ1) is 16.8. The molecule has 0 aliphatic heterocycles. The number of carbonyl (C=O) groups excluding carboxylic acids is 1. The predicted molar refractivity (Wildman–Crippen MR) is 98.9 cm³/mol. The zero-order chi connectivity index (χ0) is 17.1. The molecule has 9 heteroatoms. The number of nitrogens with one attached hydrogen (secondary N) is 1. The third-order valence-corrected chi connectivity index (χ3v) is 5.31. The Balaban J connectivity index is 1.68. The van der Waals surface area contributed by atoms with Gasteiger partial charge in [0.05, 0.1) is 10.1 Å². The van der Waals surface area contributed by atoms with Gasteiger partial charge < -0.3 is 11.2 Å². The van der Waals surface area contributed by atoms with Gasteiger partial charge in [-0.3, -0.25) is 4.79 Å². The van der Waals surface area contributed by atoms with Crippen LogP contribution in [-0.2, 0) is 4.79 Å². The molecule has 0 aliphatic carbocycles. The van der Waals surface area contributed by atoms with E-state index in [1.165, 1.54) is 27.8 Å². The van der Waals surface area contributed by atoms with Gasteiger partial charge in [-0.05, 0) is 36.6 Å². The molecule has 3 N–H and O–H groups in total. The van der Waals surface area contributed by atoms with E-state index in [-0.39, 0.29) is 5.91 Å². The number of thioether (sulfide) groups is 1. The molecule has 0 saturated carbocycles. The molecule has 3 aromatic rings. The van der Waals surface area contributed by atoms with Crippen LogP contribution in [0.3, 0.4) is 0 Å². The van der Waals surface area contributed by atoms with Crippen molar-refractivity contribution >= 4 is 46.3 Å². The minimum Gasteiger partial charge on any atom is -0.335 e. The van der Waals surface area contributed by atoms with Crippen LogP contribution in [0.4, 0.5) is 5.69 Å². The first-order valence-corrected chi connectivity index (χ1v) is 9.16. The van der Waals surface area contributed by atoms with Gasteiger partial charge in [0.25, 0.3) is 0 Å². The number of nitrogens with zero attached hydrogens (tertiary/aromatic N) is 3. The number of nitrogens with two attached hydrogens (primary N) is 1. The highest BCUT2D eigenvalue weighted by Crippen LogP contribution is 2.27. The van der Waals surface area contributed by atoms with Gasteiger partial charge in [0, 0.05) is 10.7 Å². The lowest BCUT2D eigenvalue weighted by Crippen LogP contribution is -2.23. The van der Waals surface area contributed by atoms with Crippen molar-refractivity contribution in [3.8, 4) is 10.7 Å². The van der Waals surface area contributed by atoms with Crippen LogP contribution in [0.2, 0.25) is 5.02 Å². The van der Waals surface area contributed by atoms with Crippen LogP contribution >= 0.6 is 34.7 Å². The molecule has 0 radical (unpaired) electrons. The summed E-state index contributed by atoms with van der Waals surface area (Å²) < 4.78 is 1.40. The summed E-state index contributed by atoms with van der Waals surface area (Å²) in [4.78, 5) is 13.2. The molecule has 0 saturated heterocycles. The summed E-state index contributed by atoms with van der Waals surface area (Å²) in [6.07, 6.45) is 0. The highest BCUT2D eigenvalue weighted by Gasteiger charge is 2.20. The SMILES string of the molecule is C[C@H](Sc1nnc(-c2cccs2)n1N)C(=O)Nc1cccc(Cl)c1. The van der Waals surface area contributed by atoms with Crippen LogP contribution < -0.4 is 11.2 Å². The Bertz CT molecular complexity index is 849. The van der Waals surface area contributed by atoms with Gasteiger partial charge in [0.2, 0.25) is 11.1 Å². The molecule has 2 aromatic heterocycles. The number of hydrogen-bond donors (Lipinski definition) is 2. The lowest BCUT2D eigenvalue weighted by molar-refractivity contribution is -0.115. The van der Waals surface area contributed by atoms with Crippen LogP contribution in [0.25, 0.3) is 10.7 Å². The number of anilines is 1. The predicted octanol–water partition coefficient (Wildman–Crippen LogP) is 3.49.